The van der Waals surface area contributed by atoms with Gasteiger partial charge in [0.2, 0.25) is 0 Å². The molecule has 4 heteroatoms. The number of hydrogen-bond acceptors (Lipinski definition) is 3. The van der Waals surface area contributed by atoms with Crippen LogP contribution < -0.4 is 4.90 Å². The number of carbonyl (C=O) groups is 2. The number of nitrogens with zero attached hydrogens (tertiary/aromatic N) is 2. The second-order valence-electron chi connectivity index (χ2n) is 4.85. The second kappa shape index (κ2) is 4.89. The average Bonchev–Trinajstić information content (AvgIpc) is 2.90. The van der Waals surface area contributed by atoms with Gasteiger partial charge in [0.15, 0.2) is 5.78 Å². The van der Waals surface area contributed by atoms with E-state index in [1.165, 1.54) is 0 Å². The first kappa shape index (κ1) is 12.5. The number of ketones is 1. The van der Waals surface area contributed by atoms with Crippen LogP contribution in [0, 0.1) is 0 Å². The fourth-order valence-electron chi connectivity index (χ4n) is 2.48. The molecule has 0 radical (unpaired) electrons. The predicted octanol–water partition coefficient (Wildman–Crippen LogP) is 2.49. The van der Waals surface area contributed by atoms with Crippen LogP contribution in [0.2, 0.25) is 0 Å². The molecule has 0 fully saturated rings. The third-order valence-electron chi connectivity index (χ3n) is 3.54. The van der Waals surface area contributed by atoms with Crippen molar-refractivity contribution in [3.05, 3.63) is 59.4 Å². The van der Waals surface area contributed by atoms with Crippen LogP contribution in [0.4, 0.5) is 5.69 Å². The van der Waals surface area contributed by atoms with Gasteiger partial charge in [-0.2, -0.15) is 0 Å². The standard InChI is InChI=1S/C16H14N2O2/c1-11(19)12-4-5-15-13(9-12)6-8-18(15)16(20)14-3-2-7-17-10-14/h2-5,7,9-10H,6,8H2,1H3. The number of carbonyl (C=O) groups excluding carboxylic acids is 2. The number of pyridine rings is 1. The zero-order valence-corrected chi connectivity index (χ0v) is 11.2. The molecular weight excluding hydrogens is 252 g/mol. The minimum Gasteiger partial charge on any atom is -0.308 e. The zero-order chi connectivity index (χ0) is 14.1. The molecule has 0 saturated carbocycles. The molecule has 0 bridgehead atoms. The third kappa shape index (κ3) is 2.09. The number of amides is 1. The molecule has 1 aliphatic heterocycles. The van der Waals surface area contributed by atoms with Crippen molar-refractivity contribution in [2.75, 3.05) is 11.4 Å². The van der Waals surface area contributed by atoms with Crippen LogP contribution >= 0.6 is 0 Å². The number of hydrogen-bond donors (Lipinski definition) is 0. The summed E-state index contributed by atoms with van der Waals surface area (Å²) in [5.41, 5.74) is 3.22. The van der Waals surface area contributed by atoms with Crippen molar-refractivity contribution < 1.29 is 9.59 Å². The molecule has 2 aromatic rings. The summed E-state index contributed by atoms with van der Waals surface area (Å²) in [6.07, 6.45) is 4.00. The first-order chi connectivity index (χ1) is 9.66. The molecule has 0 spiro atoms. The smallest absolute Gasteiger partial charge is 0.259 e. The van der Waals surface area contributed by atoms with Crippen LogP contribution in [0.1, 0.15) is 33.2 Å². The van der Waals surface area contributed by atoms with Gasteiger partial charge in [0.25, 0.3) is 5.91 Å². The van der Waals surface area contributed by atoms with Crippen molar-refractivity contribution in [1.29, 1.82) is 0 Å². The van der Waals surface area contributed by atoms with Gasteiger partial charge in [-0.1, -0.05) is 0 Å². The molecule has 100 valence electrons. The number of fused-ring (bicyclic) bond motifs is 1. The molecule has 1 aromatic heterocycles. The Hall–Kier alpha value is -2.49. The van der Waals surface area contributed by atoms with Gasteiger partial charge in [0, 0.05) is 30.2 Å². The fraction of sp³-hybridized carbons (Fsp3) is 0.188. The first-order valence-electron chi connectivity index (χ1n) is 6.52. The van der Waals surface area contributed by atoms with Crippen molar-refractivity contribution in [3.8, 4) is 0 Å². The number of rotatable bonds is 2. The van der Waals surface area contributed by atoms with E-state index in [4.69, 9.17) is 0 Å². The van der Waals surface area contributed by atoms with Crippen molar-refractivity contribution in [3.63, 3.8) is 0 Å². The Balaban J connectivity index is 1.94. The summed E-state index contributed by atoms with van der Waals surface area (Å²) in [4.78, 5) is 29.6. The molecule has 1 amide bonds. The number of aromatic nitrogens is 1. The Kier molecular flexibility index (Phi) is 3.06. The highest BCUT2D eigenvalue weighted by atomic mass is 16.2. The molecule has 2 heterocycles. The Morgan fingerprint density at radius 1 is 1.20 bits per heavy atom. The Bertz CT molecular complexity index is 680. The summed E-state index contributed by atoms with van der Waals surface area (Å²) in [6.45, 7) is 2.19. The number of Topliss-reactive ketones (excluding diaryl/α,β-unsaturated/α-hetero) is 1. The summed E-state index contributed by atoms with van der Waals surface area (Å²) in [7, 11) is 0. The van der Waals surface area contributed by atoms with Crippen LogP contribution in [-0.2, 0) is 6.42 Å². The van der Waals surface area contributed by atoms with Gasteiger partial charge in [-0.25, -0.2) is 0 Å². The number of anilines is 1. The van der Waals surface area contributed by atoms with Crippen LogP contribution in [0.5, 0.6) is 0 Å². The normalized spacial score (nSPS) is 13.2. The highest BCUT2D eigenvalue weighted by molar-refractivity contribution is 6.07. The van der Waals surface area contributed by atoms with Crippen molar-refractivity contribution >= 4 is 17.4 Å². The molecule has 0 saturated heterocycles. The quantitative estimate of drug-likeness (QED) is 0.785. The van der Waals surface area contributed by atoms with Crippen LogP contribution in [0.15, 0.2) is 42.7 Å². The van der Waals surface area contributed by atoms with E-state index in [0.717, 1.165) is 17.7 Å². The van der Waals surface area contributed by atoms with E-state index in [9.17, 15) is 9.59 Å². The summed E-state index contributed by atoms with van der Waals surface area (Å²) in [5.74, 6) is -0.00254. The molecule has 0 atom stereocenters. The Morgan fingerprint density at radius 3 is 2.75 bits per heavy atom. The molecule has 1 aromatic carbocycles. The highest BCUT2D eigenvalue weighted by Gasteiger charge is 2.26. The third-order valence-corrected chi connectivity index (χ3v) is 3.54. The maximum Gasteiger partial charge on any atom is 0.259 e. The van der Waals surface area contributed by atoms with E-state index in [2.05, 4.69) is 4.98 Å². The molecule has 0 aliphatic carbocycles. The zero-order valence-electron chi connectivity index (χ0n) is 11.2. The summed E-state index contributed by atoms with van der Waals surface area (Å²) in [5, 5.41) is 0. The average molecular weight is 266 g/mol. The Morgan fingerprint density at radius 2 is 2.05 bits per heavy atom. The van der Waals surface area contributed by atoms with E-state index in [0.29, 0.717) is 17.7 Å². The van der Waals surface area contributed by atoms with E-state index in [-0.39, 0.29) is 11.7 Å². The lowest BCUT2D eigenvalue weighted by atomic mass is 10.1. The molecule has 20 heavy (non-hydrogen) atoms. The van der Waals surface area contributed by atoms with E-state index in [1.54, 1.807) is 42.4 Å². The Labute approximate surface area is 117 Å². The lowest BCUT2D eigenvalue weighted by Crippen LogP contribution is -2.28. The monoisotopic (exact) mass is 266 g/mol. The summed E-state index contributed by atoms with van der Waals surface area (Å²) < 4.78 is 0. The van der Waals surface area contributed by atoms with Crippen molar-refractivity contribution in [2.24, 2.45) is 0 Å². The molecule has 4 nitrogen and oxygen atoms in total. The van der Waals surface area contributed by atoms with Gasteiger partial charge in [0.1, 0.15) is 0 Å². The van der Waals surface area contributed by atoms with Crippen molar-refractivity contribution in [2.45, 2.75) is 13.3 Å². The van der Waals surface area contributed by atoms with Gasteiger partial charge >= 0.3 is 0 Å². The molecular formula is C16H14N2O2. The lowest BCUT2D eigenvalue weighted by Gasteiger charge is -2.17. The first-order valence-corrected chi connectivity index (χ1v) is 6.52. The molecule has 3 rings (SSSR count). The molecule has 1 aliphatic rings. The topological polar surface area (TPSA) is 50.3 Å². The largest absolute Gasteiger partial charge is 0.308 e. The van der Waals surface area contributed by atoms with Crippen LogP contribution in [0.3, 0.4) is 0 Å². The van der Waals surface area contributed by atoms with Gasteiger partial charge < -0.3 is 4.90 Å². The fourth-order valence-corrected chi connectivity index (χ4v) is 2.48. The van der Waals surface area contributed by atoms with Crippen molar-refractivity contribution in [1.82, 2.24) is 4.98 Å². The van der Waals surface area contributed by atoms with Gasteiger partial charge in [-0.05, 0) is 49.2 Å². The van der Waals surface area contributed by atoms with E-state index >= 15 is 0 Å². The highest BCUT2D eigenvalue weighted by Crippen LogP contribution is 2.30. The SMILES string of the molecule is CC(=O)c1ccc2c(c1)CCN2C(=O)c1cccnc1. The van der Waals surface area contributed by atoms with E-state index in [1.807, 2.05) is 12.1 Å². The lowest BCUT2D eigenvalue weighted by molar-refractivity contribution is 0.0987. The van der Waals surface area contributed by atoms with Crippen LogP contribution in [0.25, 0.3) is 0 Å². The predicted molar refractivity (Wildman–Crippen MR) is 76.1 cm³/mol. The number of benzene rings is 1. The van der Waals surface area contributed by atoms with Gasteiger partial charge in [0.05, 0.1) is 5.56 Å². The van der Waals surface area contributed by atoms with Gasteiger partial charge in [-0.15, -0.1) is 0 Å². The molecule has 0 unspecified atom stereocenters. The maximum atomic E-state index is 12.4. The van der Waals surface area contributed by atoms with E-state index < -0.39 is 0 Å². The minimum atomic E-state index is -0.0487. The minimum absolute atomic E-state index is 0.0461. The van der Waals surface area contributed by atoms with Crippen LogP contribution in [-0.4, -0.2) is 23.2 Å². The second-order valence-corrected chi connectivity index (χ2v) is 4.85. The molecule has 0 N–H and O–H groups in total. The summed E-state index contributed by atoms with van der Waals surface area (Å²) in [6, 6.07) is 9.03. The summed E-state index contributed by atoms with van der Waals surface area (Å²) >= 11 is 0. The maximum absolute atomic E-state index is 12.4. The van der Waals surface area contributed by atoms with Gasteiger partial charge in [-0.3, -0.25) is 14.6 Å².